The van der Waals surface area contributed by atoms with Gasteiger partial charge in [0.05, 0.1) is 0 Å². The zero-order chi connectivity index (χ0) is 17.0. The highest BCUT2D eigenvalue weighted by Gasteiger charge is 2.16. The van der Waals surface area contributed by atoms with E-state index in [4.69, 9.17) is 4.18 Å². The summed E-state index contributed by atoms with van der Waals surface area (Å²) in [4.78, 5) is 22.1. The van der Waals surface area contributed by atoms with Gasteiger partial charge in [0, 0.05) is 18.2 Å². The summed E-state index contributed by atoms with van der Waals surface area (Å²) in [6.45, 7) is 2.78. The van der Waals surface area contributed by atoms with Gasteiger partial charge in [-0.15, -0.1) is 0 Å². The van der Waals surface area contributed by atoms with Gasteiger partial charge in [-0.2, -0.15) is 8.42 Å². The van der Waals surface area contributed by atoms with Crippen LogP contribution < -0.4 is 9.50 Å². The van der Waals surface area contributed by atoms with Crippen molar-refractivity contribution in [3.63, 3.8) is 0 Å². The monoisotopic (exact) mass is 333 g/mol. The van der Waals surface area contributed by atoms with Crippen molar-refractivity contribution < 1.29 is 22.2 Å². The van der Waals surface area contributed by atoms with Crippen LogP contribution in [-0.2, 0) is 14.9 Å². The maximum atomic E-state index is 12.2. The van der Waals surface area contributed by atoms with E-state index in [2.05, 4.69) is 5.32 Å². The molecule has 2 aromatic carbocycles. The number of hydrogen-bond donors (Lipinski definition) is 1. The predicted molar refractivity (Wildman–Crippen MR) is 85.0 cm³/mol. The van der Waals surface area contributed by atoms with Gasteiger partial charge in [0.25, 0.3) is 0 Å². The number of rotatable bonds is 5. The first-order chi connectivity index (χ1) is 10.8. The minimum atomic E-state index is -3.99. The molecule has 0 aromatic heterocycles. The fourth-order valence-electron chi connectivity index (χ4n) is 1.83. The molecule has 0 aliphatic carbocycles. The average molecular weight is 333 g/mol. The lowest BCUT2D eigenvalue weighted by molar-refractivity contribution is -0.114. The van der Waals surface area contributed by atoms with Crippen LogP contribution in [0.1, 0.15) is 24.2 Å². The molecule has 0 atom stereocenters. The first-order valence-electron chi connectivity index (χ1n) is 6.71. The molecule has 120 valence electrons. The number of amides is 1. The molecule has 0 saturated carbocycles. The van der Waals surface area contributed by atoms with Crippen molar-refractivity contribution in [3.8, 4) is 5.75 Å². The molecule has 2 aromatic rings. The van der Waals surface area contributed by atoms with E-state index in [0.717, 1.165) is 0 Å². The quantitative estimate of drug-likeness (QED) is 0.671. The molecule has 0 bridgehead atoms. The molecule has 23 heavy (non-hydrogen) atoms. The van der Waals surface area contributed by atoms with Crippen LogP contribution in [0.2, 0.25) is 0 Å². The number of ketones is 1. The topological polar surface area (TPSA) is 89.5 Å². The highest BCUT2D eigenvalue weighted by Crippen LogP contribution is 2.20. The minimum absolute atomic E-state index is 0.0396. The highest BCUT2D eigenvalue weighted by molar-refractivity contribution is 7.87. The molecule has 0 unspecified atom stereocenters. The summed E-state index contributed by atoms with van der Waals surface area (Å²) in [6, 6.07) is 11.4. The van der Waals surface area contributed by atoms with Crippen LogP contribution in [0.5, 0.6) is 5.75 Å². The summed E-state index contributed by atoms with van der Waals surface area (Å²) in [7, 11) is -3.99. The zero-order valence-corrected chi connectivity index (χ0v) is 13.4. The third-order valence-corrected chi connectivity index (χ3v) is 4.19. The molecule has 6 nitrogen and oxygen atoms in total. The van der Waals surface area contributed by atoms with Crippen molar-refractivity contribution in [3.05, 3.63) is 54.1 Å². The Hall–Kier alpha value is -2.67. The van der Waals surface area contributed by atoms with Crippen LogP contribution in [0.15, 0.2) is 53.4 Å². The molecule has 0 fully saturated rings. The summed E-state index contributed by atoms with van der Waals surface area (Å²) in [5, 5.41) is 2.54. The summed E-state index contributed by atoms with van der Waals surface area (Å²) < 4.78 is 29.4. The van der Waals surface area contributed by atoms with Gasteiger partial charge in [-0.1, -0.05) is 0 Å². The molecule has 1 amide bonds. The SMILES string of the molecule is CC(=O)Nc1ccc(S(=O)(=O)Oc2ccc(C(C)=O)cc2)cc1. The fourth-order valence-corrected chi connectivity index (χ4v) is 2.76. The Morgan fingerprint density at radius 2 is 1.48 bits per heavy atom. The predicted octanol–water partition coefficient (Wildman–Crippen LogP) is 2.62. The molecule has 0 spiro atoms. The van der Waals surface area contributed by atoms with Crippen molar-refractivity contribution in [2.75, 3.05) is 5.32 Å². The molecule has 0 radical (unpaired) electrons. The summed E-state index contributed by atoms with van der Waals surface area (Å²) in [5.41, 5.74) is 0.955. The van der Waals surface area contributed by atoms with E-state index in [1.54, 1.807) is 0 Å². The Bertz CT molecular complexity index is 824. The summed E-state index contributed by atoms with van der Waals surface area (Å²) >= 11 is 0. The van der Waals surface area contributed by atoms with Gasteiger partial charge in [0.15, 0.2) is 5.78 Å². The molecule has 0 aliphatic rings. The van der Waals surface area contributed by atoms with Crippen molar-refractivity contribution >= 4 is 27.5 Å². The van der Waals surface area contributed by atoms with Crippen LogP contribution in [0, 0.1) is 0 Å². The number of benzene rings is 2. The number of carbonyl (C=O) groups is 2. The lowest BCUT2D eigenvalue weighted by atomic mass is 10.1. The molecule has 2 rings (SSSR count). The van der Waals surface area contributed by atoms with Crippen LogP contribution in [0.4, 0.5) is 5.69 Å². The van der Waals surface area contributed by atoms with Gasteiger partial charge in [-0.05, 0) is 55.5 Å². The lowest BCUT2D eigenvalue weighted by Gasteiger charge is -2.08. The molecule has 0 aliphatic heterocycles. The van der Waals surface area contributed by atoms with E-state index >= 15 is 0 Å². The van der Waals surface area contributed by atoms with E-state index in [-0.39, 0.29) is 22.3 Å². The highest BCUT2D eigenvalue weighted by atomic mass is 32.2. The van der Waals surface area contributed by atoms with Gasteiger partial charge in [0.2, 0.25) is 5.91 Å². The summed E-state index contributed by atoms with van der Waals surface area (Å²) in [5.74, 6) is -0.253. The van der Waals surface area contributed by atoms with Gasteiger partial charge < -0.3 is 9.50 Å². The largest absolute Gasteiger partial charge is 0.379 e. The molecule has 0 heterocycles. The van der Waals surface area contributed by atoms with Gasteiger partial charge in [-0.3, -0.25) is 9.59 Å². The number of nitrogens with one attached hydrogen (secondary N) is 1. The first kappa shape index (κ1) is 16.7. The Balaban J connectivity index is 2.17. The van der Waals surface area contributed by atoms with Crippen LogP contribution in [0.25, 0.3) is 0 Å². The number of Topliss-reactive ketones (excluding diaryl/α,β-unsaturated/α-hetero) is 1. The van der Waals surface area contributed by atoms with Crippen molar-refractivity contribution in [2.45, 2.75) is 18.7 Å². The second kappa shape index (κ2) is 6.62. The minimum Gasteiger partial charge on any atom is -0.379 e. The Morgan fingerprint density at radius 3 is 1.96 bits per heavy atom. The molecular weight excluding hydrogens is 318 g/mol. The van der Waals surface area contributed by atoms with Crippen molar-refractivity contribution in [1.82, 2.24) is 0 Å². The third kappa shape index (κ3) is 4.40. The molecule has 1 N–H and O–H groups in total. The summed E-state index contributed by atoms with van der Waals surface area (Å²) in [6.07, 6.45) is 0. The smallest absolute Gasteiger partial charge is 0.339 e. The Morgan fingerprint density at radius 1 is 0.913 bits per heavy atom. The third-order valence-electron chi connectivity index (χ3n) is 2.93. The molecule has 7 heteroatoms. The van der Waals surface area contributed by atoms with Crippen LogP contribution >= 0.6 is 0 Å². The van der Waals surface area contributed by atoms with Gasteiger partial charge in [0.1, 0.15) is 10.6 Å². The number of anilines is 1. The van der Waals surface area contributed by atoms with E-state index in [1.165, 1.54) is 62.4 Å². The number of hydrogen-bond acceptors (Lipinski definition) is 5. The normalized spacial score (nSPS) is 10.9. The Kier molecular flexibility index (Phi) is 4.80. The van der Waals surface area contributed by atoms with Gasteiger partial charge >= 0.3 is 10.1 Å². The van der Waals surface area contributed by atoms with Crippen LogP contribution in [0.3, 0.4) is 0 Å². The van der Waals surface area contributed by atoms with E-state index in [1.807, 2.05) is 0 Å². The maximum Gasteiger partial charge on any atom is 0.339 e. The molecular formula is C16H15NO5S. The van der Waals surface area contributed by atoms with Crippen LogP contribution in [-0.4, -0.2) is 20.1 Å². The first-order valence-corrected chi connectivity index (χ1v) is 8.12. The van der Waals surface area contributed by atoms with E-state index in [9.17, 15) is 18.0 Å². The standard InChI is InChI=1S/C16H15NO5S/c1-11(18)13-3-7-15(8-4-13)22-23(20,21)16-9-5-14(6-10-16)17-12(2)19/h3-10H,1-2H3,(H,17,19). The van der Waals surface area contributed by atoms with Gasteiger partial charge in [-0.25, -0.2) is 0 Å². The molecule has 0 saturated heterocycles. The second-order valence-corrected chi connectivity index (χ2v) is 6.37. The zero-order valence-electron chi connectivity index (χ0n) is 12.6. The Labute approximate surface area is 134 Å². The maximum absolute atomic E-state index is 12.2. The lowest BCUT2D eigenvalue weighted by Crippen LogP contribution is -2.10. The van der Waals surface area contributed by atoms with Crippen molar-refractivity contribution in [2.24, 2.45) is 0 Å². The second-order valence-electron chi connectivity index (χ2n) is 4.82. The van der Waals surface area contributed by atoms with Crippen molar-refractivity contribution in [1.29, 1.82) is 0 Å². The number of carbonyl (C=O) groups excluding carboxylic acids is 2. The fraction of sp³-hybridized carbons (Fsp3) is 0.125. The van der Waals surface area contributed by atoms with E-state index in [0.29, 0.717) is 11.3 Å². The average Bonchev–Trinajstić information content (AvgIpc) is 2.47. The van der Waals surface area contributed by atoms with E-state index < -0.39 is 10.1 Å².